The number of carbonyl (C=O) groups is 2. The number of nitrogens with one attached hydrogen (secondary N) is 2. The first-order chi connectivity index (χ1) is 7.54. The Morgan fingerprint density at radius 1 is 1.25 bits per heavy atom. The standard InChI is InChI=1S/C9H14N2O2.C3H8/c1-6-2-4-9(5-3-6)7(12)10-8(13)11-9;1-3-2/h6H,2-5H2,1H3,(H2,10,11,12,13);3H2,1-2H3. The van der Waals surface area contributed by atoms with Crippen molar-refractivity contribution < 1.29 is 9.59 Å². The number of urea groups is 1. The molecule has 1 aliphatic carbocycles. The van der Waals surface area contributed by atoms with Crippen LogP contribution in [0.25, 0.3) is 0 Å². The van der Waals surface area contributed by atoms with E-state index >= 15 is 0 Å². The lowest BCUT2D eigenvalue weighted by Crippen LogP contribution is -2.49. The Kier molecular flexibility index (Phi) is 4.33. The second kappa shape index (κ2) is 5.32. The van der Waals surface area contributed by atoms with E-state index in [1.54, 1.807) is 0 Å². The second-order valence-electron chi connectivity index (χ2n) is 4.88. The minimum absolute atomic E-state index is 0.135. The second-order valence-corrected chi connectivity index (χ2v) is 4.88. The van der Waals surface area contributed by atoms with Crippen LogP contribution in [0.4, 0.5) is 4.79 Å². The van der Waals surface area contributed by atoms with Crippen molar-refractivity contribution in [3.05, 3.63) is 0 Å². The topological polar surface area (TPSA) is 58.2 Å². The maximum atomic E-state index is 11.5. The fourth-order valence-electron chi connectivity index (χ4n) is 2.14. The minimum atomic E-state index is -0.566. The Morgan fingerprint density at radius 2 is 1.75 bits per heavy atom. The average molecular weight is 226 g/mol. The highest BCUT2D eigenvalue weighted by atomic mass is 16.2. The molecule has 2 rings (SSSR count). The smallest absolute Gasteiger partial charge is 0.322 e. The first kappa shape index (κ1) is 13.0. The molecule has 16 heavy (non-hydrogen) atoms. The molecule has 0 radical (unpaired) electrons. The Labute approximate surface area is 97.2 Å². The van der Waals surface area contributed by atoms with Crippen molar-refractivity contribution in [2.24, 2.45) is 5.92 Å². The summed E-state index contributed by atoms with van der Waals surface area (Å²) in [6.07, 6.45) is 4.86. The summed E-state index contributed by atoms with van der Waals surface area (Å²) in [7, 11) is 0. The van der Waals surface area contributed by atoms with Gasteiger partial charge in [0.2, 0.25) is 0 Å². The van der Waals surface area contributed by atoms with Gasteiger partial charge >= 0.3 is 6.03 Å². The number of amides is 3. The quantitative estimate of drug-likeness (QED) is 0.622. The van der Waals surface area contributed by atoms with Crippen molar-refractivity contribution in [3.8, 4) is 0 Å². The SMILES string of the molecule is CC1CCC2(CC1)NC(=O)NC2=O.CCC. The maximum Gasteiger partial charge on any atom is 0.322 e. The van der Waals surface area contributed by atoms with E-state index in [1.807, 2.05) is 0 Å². The monoisotopic (exact) mass is 226 g/mol. The van der Waals surface area contributed by atoms with Gasteiger partial charge in [0.15, 0.2) is 0 Å². The Balaban J connectivity index is 0.000000386. The van der Waals surface area contributed by atoms with E-state index in [9.17, 15) is 9.59 Å². The van der Waals surface area contributed by atoms with E-state index in [4.69, 9.17) is 0 Å². The van der Waals surface area contributed by atoms with Gasteiger partial charge in [-0.25, -0.2) is 4.79 Å². The number of rotatable bonds is 0. The number of hydrogen-bond donors (Lipinski definition) is 2. The third-order valence-corrected chi connectivity index (χ3v) is 3.14. The summed E-state index contributed by atoms with van der Waals surface area (Å²) in [5.41, 5.74) is -0.566. The summed E-state index contributed by atoms with van der Waals surface area (Å²) in [6.45, 7) is 6.43. The van der Waals surface area contributed by atoms with Gasteiger partial charge in [-0.1, -0.05) is 27.2 Å². The molecule has 0 aromatic rings. The van der Waals surface area contributed by atoms with Crippen molar-refractivity contribution >= 4 is 11.9 Å². The van der Waals surface area contributed by atoms with E-state index in [0.29, 0.717) is 5.92 Å². The molecule has 4 heteroatoms. The van der Waals surface area contributed by atoms with Crippen molar-refractivity contribution in [1.29, 1.82) is 0 Å². The zero-order valence-corrected chi connectivity index (χ0v) is 10.4. The van der Waals surface area contributed by atoms with Gasteiger partial charge in [0.05, 0.1) is 0 Å². The third kappa shape index (κ3) is 2.74. The number of hydrogen-bond acceptors (Lipinski definition) is 2. The normalized spacial score (nSPS) is 32.8. The lowest BCUT2D eigenvalue weighted by Gasteiger charge is -2.32. The van der Waals surface area contributed by atoms with Crippen LogP contribution in [-0.2, 0) is 4.79 Å². The van der Waals surface area contributed by atoms with Crippen LogP contribution >= 0.6 is 0 Å². The first-order valence-corrected chi connectivity index (χ1v) is 6.17. The van der Waals surface area contributed by atoms with Crippen LogP contribution in [-0.4, -0.2) is 17.5 Å². The van der Waals surface area contributed by atoms with Crippen LogP contribution in [0.2, 0.25) is 0 Å². The summed E-state index contributed by atoms with van der Waals surface area (Å²) in [5, 5.41) is 5.04. The Hall–Kier alpha value is -1.06. The van der Waals surface area contributed by atoms with Gasteiger partial charge < -0.3 is 5.32 Å². The summed E-state index contributed by atoms with van der Waals surface area (Å²) in [6, 6.07) is -0.334. The lowest BCUT2D eigenvalue weighted by atomic mass is 9.77. The first-order valence-electron chi connectivity index (χ1n) is 6.17. The van der Waals surface area contributed by atoms with E-state index in [2.05, 4.69) is 31.4 Å². The maximum absolute atomic E-state index is 11.5. The molecule has 0 aromatic heterocycles. The van der Waals surface area contributed by atoms with Crippen LogP contribution in [0.1, 0.15) is 52.9 Å². The van der Waals surface area contributed by atoms with Gasteiger partial charge in [-0.05, 0) is 31.6 Å². The molecule has 0 aromatic carbocycles. The molecule has 0 unspecified atom stereocenters. The van der Waals surface area contributed by atoms with Crippen LogP contribution < -0.4 is 10.6 Å². The molecule has 0 atom stereocenters. The molecule has 2 N–H and O–H groups in total. The van der Waals surface area contributed by atoms with Gasteiger partial charge in [0.25, 0.3) is 5.91 Å². The van der Waals surface area contributed by atoms with E-state index in [0.717, 1.165) is 25.7 Å². The highest BCUT2D eigenvalue weighted by Crippen LogP contribution is 2.33. The van der Waals surface area contributed by atoms with E-state index in [-0.39, 0.29) is 11.9 Å². The zero-order chi connectivity index (χ0) is 12.2. The molecular weight excluding hydrogens is 204 g/mol. The van der Waals surface area contributed by atoms with Gasteiger partial charge in [-0.3, -0.25) is 10.1 Å². The van der Waals surface area contributed by atoms with Crippen LogP contribution in [0.15, 0.2) is 0 Å². The molecule has 4 nitrogen and oxygen atoms in total. The summed E-state index contributed by atoms with van der Waals surface area (Å²) >= 11 is 0. The molecule has 0 bridgehead atoms. The molecule has 1 spiro atoms. The van der Waals surface area contributed by atoms with Gasteiger partial charge in [-0.15, -0.1) is 0 Å². The van der Waals surface area contributed by atoms with E-state index < -0.39 is 5.54 Å². The number of imide groups is 1. The lowest BCUT2D eigenvalue weighted by molar-refractivity contribution is -0.125. The molecule has 92 valence electrons. The van der Waals surface area contributed by atoms with Gasteiger partial charge in [0, 0.05) is 0 Å². The summed E-state index contributed by atoms with van der Waals surface area (Å²) in [5.74, 6) is 0.542. The van der Waals surface area contributed by atoms with Crippen molar-refractivity contribution in [2.75, 3.05) is 0 Å². The molecule has 2 aliphatic rings. The summed E-state index contributed by atoms with van der Waals surface area (Å²) in [4.78, 5) is 22.4. The fraction of sp³-hybridized carbons (Fsp3) is 0.833. The molecule has 1 aliphatic heterocycles. The predicted molar refractivity (Wildman–Crippen MR) is 63.0 cm³/mol. The molecular formula is C12H22N2O2. The molecule has 1 saturated carbocycles. The number of carbonyl (C=O) groups excluding carboxylic acids is 2. The van der Waals surface area contributed by atoms with Crippen LogP contribution in [0.3, 0.4) is 0 Å². The van der Waals surface area contributed by atoms with Gasteiger partial charge in [0.1, 0.15) is 5.54 Å². The average Bonchev–Trinajstić information content (AvgIpc) is 2.48. The van der Waals surface area contributed by atoms with E-state index in [1.165, 1.54) is 6.42 Å². The molecule has 1 saturated heterocycles. The fourth-order valence-corrected chi connectivity index (χ4v) is 2.14. The predicted octanol–water partition coefficient (Wildman–Crippen LogP) is 2.19. The minimum Gasteiger partial charge on any atom is -0.323 e. The van der Waals surface area contributed by atoms with Crippen LogP contribution in [0, 0.1) is 5.92 Å². The van der Waals surface area contributed by atoms with Gasteiger partial charge in [-0.2, -0.15) is 0 Å². The molecule has 1 heterocycles. The highest BCUT2D eigenvalue weighted by molar-refractivity contribution is 6.07. The van der Waals surface area contributed by atoms with Crippen molar-refractivity contribution in [3.63, 3.8) is 0 Å². The molecule has 2 fully saturated rings. The Bertz CT molecular complexity index is 268. The zero-order valence-electron chi connectivity index (χ0n) is 10.4. The third-order valence-electron chi connectivity index (χ3n) is 3.14. The van der Waals surface area contributed by atoms with Crippen molar-refractivity contribution in [1.82, 2.24) is 10.6 Å². The molecule has 3 amide bonds. The largest absolute Gasteiger partial charge is 0.323 e. The van der Waals surface area contributed by atoms with Crippen LogP contribution in [0.5, 0.6) is 0 Å². The Morgan fingerprint density at radius 3 is 2.12 bits per heavy atom. The highest BCUT2D eigenvalue weighted by Gasteiger charge is 2.47. The summed E-state index contributed by atoms with van der Waals surface area (Å²) < 4.78 is 0. The van der Waals surface area contributed by atoms with Crippen molar-refractivity contribution in [2.45, 2.75) is 58.4 Å².